The first-order valence-electron chi connectivity index (χ1n) is 7.91. The Hall–Kier alpha value is -1.38. The number of halogens is 1. The van der Waals surface area contributed by atoms with Crippen molar-refractivity contribution in [3.63, 3.8) is 0 Å². The van der Waals surface area contributed by atoms with Gasteiger partial charge in [-0.05, 0) is 25.0 Å². The van der Waals surface area contributed by atoms with E-state index in [1.165, 1.54) is 30.8 Å². The van der Waals surface area contributed by atoms with Crippen LogP contribution in [0.15, 0.2) is 28.0 Å². The van der Waals surface area contributed by atoms with Crippen molar-refractivity contribution in [3.05, 3.63) is 28.4 Å². The van der Waals surface area contributed by atoms with Gasteiger partial charge in [0.1, 0.15) is 10.0 Å². The van der Waals surface area contributed by atoms with Gasteiger partial charge in [-0.25, -0.2) is 0 Å². The molecule has 1 saturated carbocycles. The number of rotatable bonds is 5. The van der Waals surface area contributed by atoms with Crippen LogP contribution in [0.1, 0.15) is 43.8 Å². The van der Waals surface area contributed by atoms with Gasteiger partial charge >= 0.3 is 0 Å². The van der Waals surface area contributed by atoms with Crippen molar-refractivity contribution < 1.29 is 4.42 Å². The summed E-state index contributed by atoms with van der Waals surface area (Å²) < 4.78 is 12.3. The van der Waals surface area contributed by atoms with Gasteiger partial charge in [0.15, 0.2) is 10.9 Å². The highest BCUT2D eigenvalue weighted by atomic mass is 35.5. The molecule has 0 amide bonds. The average Bonchev–Trinajstić information content (AvgIpc) is 3.34. The SMILES string of the molecule is Clc1snnc1CSc1nnc(-c2ccco2)n1C1CCCCC1. The Bertz CT molecular complexity index is 795. The molecule has 0 atom stereocenters. The van der Waals surface area contributed by atoms with Gasteiger partial charge in [-0.3, -0.25) is 4.57 Å². The van der Waals surface area contributed by atoms with Gasteiger partial charge in [-0.2, -0.15) is 0 Å². The molecule has 6 nitrogen and oxygen atoms in total. The molecule has 1 aliphatic carbocycles. The molecule has 3 heterocycles. The molecule has 1 fully saturated rings. The van der Waals surface area contributed by atoms with E-state index in [9.17, 15) is 0 Å². The Labute approximate surface area is 152 Å². The summed E-state index contributed by atoms with van der Waals surface area (Å²) in [5.74, 6) is 2.20. The smallest absolute Gasteiger partial charge is 0.200 e. The summed E-state index contributed by atoms with van der Waals surface area (Å²) in [4.78, 5) is 0. The maximum absolute atomic E-state index is 6.10. The molecule has 0 aliphatic heterocycles. The lowest BCUT2D eigenvalue weighted by molar-refractivity contribution is 0.337. The third-order valence-corrected chi connectivity index (χ3v) is 6.13. The number of hydrogen-bond donors (Lipinski definition) is 0. The Kier molecular flexibility index (Phi) is 4.86. The van der Waals surface area contributed by atoms with Gasteiger partial charge in [-0.15, -0.1) is 15.3 Å². The molecule has 126 valence electrons. The average molecular weight is 382 g/mol. The number of nitrogens with zero attached hydrogens (tertiary/aromatic N) is 5. The van der Waals surface area contributed by atoms with Crippen molar-refractivity contribution in [2.75, 3.05) is 0 Å². The van der Waals surface area contributed by atoms with Crippen molar-refractivity contribution in [1.82, 2.24) is 24.4 Å². The molecule has 24 heavy (non-hydrogen) atoms. The molecule has 0 N–H and O–H groups in total. The third-order valence-electron chi connectivity index (χ3n) is 4.19. The van der Waals surface area contributed by atoms with Crippen LogP contribution in [0, 0.1) is 0 Å². The molecular weight excluding hydrogens is 366 g/mol. The first-order chi connectivity index (χ1) is 11.8. The quantitative estimate of drug-likeness (QED) is 0.589. The van der Waals surface area contributed by atoms with E-state index in [0.717, 1.165) is 35.3 Å². The summed E-state index contributed by atoms with van der Waals surface area (Å²) in [6.07, 6.45) is 7.76. The fourth-order valence-corrected chi connectivity index (χ4v) is 4.77. The van der Waals surface area contributed by atoms with E-state index in [0.29, 0.717) is 16.1 Å². The summed E-state index contributed by atoms with van der Waals surface area (Å²) >= 11 is 8.91. The van der Waals surface area contributed by atoms with Gasteiger partial charge in [0.25, 0.3) is 0 Å². The lowest BCUT2D eigenvalue weighted by Crippen LogP contribution is -2.15. The van der Waals surface area contributed by atoms with Crippen molar-refractivity contribution in [2.45, 2.75) is 49.1 Å². The Morgan fingerprint density at radius 3 is 2.83 bits per heavy atom. The van der Waals surface area contributed by atoms with Gasteiger partial charge in [0.2, 0.25) is 5.82 Å². The molecule has 0 aromatic carbocycles. The third kappa shape index (κ3) is 3.22. The summed E-state index contributed by atoms with van der Waals surface area (Å²) in [5.41, 5.74) is 0.796. The van der Waals surface area contributed by atoms with Crippen LogP contribution in [-0.2, 0) is 5.75 Å². The minimum atomic E-state index is 0.417. The number of furan rings is 1. The van der Waals surface area contributed by atoms with Gasteiger partial charge < -0.3 is 4.42 Å². The minimum Gasteiger partial charge on any atom is -0.461 e. The maximum atomic E-state index is 6.10. The highest BCUT2D eigenvalue weighted by Crippen LogP contribution is 2.36. The number of thioether (sulfide) groups is 1. The second-order valence-electron chi connectivity index (χ2n) is 5.73. The normalized spacial score (nSPS) is 15.9. The largest absolute Gasteiger partial charge is 0.461 e. The van der Waals surface area contributed by atoms with Crippen LogP contribution in [0.2, 0.25) is 4.34 Å². The summed E-state index contributed by atoms with van der Waals surface area (Å²) in [7, 11) is 0. The van der Waals surface area contributed by atoms with Crippen molar-refractivity contribution in [1.29, 1.82) is 0 Å². The second kappa shape index (κ2) is 7.25. The number of aromatic nitrogens is 5. The molecule has 1 aliphatic rings. The lowest BCUT2D eigenvalue weighted by atomic mass is 9.95. The van der Waals surface area contributed by atoms with E-state index in [-0.39, 0.29) is 0 Å². The zero-order valence-electron chi connectivity index (χ0n) is 12.9. The fourth-order valence-electron chi connectivity index (χ4n) is 3.03. The molecule has 0 unspecified atom stereocenters. The first kappa shape index (κ1) is 16.1. The fraction of sp³-hybridized carbons (Fsp3) is 0.467. The lowest BCUT2D eigenvalue weighted by Gasteiger charge is -2.25. The summed E-state index contributed by atoms with van der Waals surface area (Å²) in [5, 5.41) is 13.7. The highest BCUT2D eigenvalue weighted by Gasteiger charge is 2.25. The van der Waals surface area contributed by atoms with Crippen molar-refractivity contribution >= 4 is 34.9 Å². The van der Waals surface area contributed by atoms with Crippen molar-refractivity contribution in [2.24, 2.45) is 0 Å². The first-order valence-corrected chi connectivity index (χ1v) is 10.0. The maximum Gasteiger partial charge on any atom is 0.200 e. The van der Waals surface area contributed by atoms with Gasteiger partial charge in [0.05, 0.1) is 6.26 Å². The van der Waals surface area contributed by atoms with Crippen LogP contribution in [0.25, 0.3) is 11.6 Å². The van der Waals surface area contributed by atoms with E-state index in [1.807, 2.05) is 12.1 Å². The van der Waals surface area contributed by atoms with Gasteiger partial charge in [0, 0.05) is 23.3 Å². The standard InChI is InChI=1S/C15H16ClN5OS2/c16-13-11(17-20-24-13)9-23-15-19-18-14(12-7-4-8-22-12)21(15)10-5-2-1-3-6-10/h4,7-8,10H,1-3,5-6,9H2. The summed E-state index contributed by atoms with van der Waals surface area (Å²) in [6.45, 7) is 0. The molecule has 0 spiro atoms. The van der Waals surface area contributed by atoms with E-state index in [4.69, 9.17) is 16.0 Å². The monoisotopic (exact) mass is 381 g/mol. The van der Waals surface area contributed by atoms with E-state index in [1.54, 1.807) is 18.0 Å². The summed E-state index contributed by atoms with van der Waals surface area (Å²) in [6, 6.07) is 4.22. The molecule has 3 aromatic heterocycles. The van der Waals surface area contributed by atoms with E-state index in [2.05, 4.69) is 24.4 Å². The van der Waals surface area contributed by atoms with Crippen LogP contribution < -0.4 is 0 Å². The molecule has 3 aromatic rings. The Balaban J connectivity index is 1.64. The zero-order valence-corrected chi connectivity index (χ0v) is 15.3. The van der Waals surface area contributed by atoms with Crippen LogP contribution in [0.3, 0.4) is 0 Å². The number of hydrogen-bond acceptors (Lipinski definition) is 7. The van der Waals surface area contributed by atoms with Gasteiger partial charge in [-0.1, -0.05) is 47.1 Å². The van der Waals surface area contributed by atoms with Crippen LogP contribution >= 0.6 is 34.9 Å². The Morgan fingerprint density at radius 1 is 1.25 bits per heavy atom. The molecule has 9 heteroatoms. The molecule has 0 bridgehead atoms. The van der Waals surface area contributed by atoms with Crippen LogP contribution in [0.5, 0.6) is 0 Å². The predicted molar refractivity (Wildman–Crippen MR) is 94.3 cm³/mol. The second-order valence-corrected chi connectivity index (χ2v) is 8.03. The zero-order chi connectivity index (χ0) is 16.4. The molecule has 4 rings (SSSR count). The minimum absolute atomic E-state index is 0.417. The highest BCUT2D eigenvalue weighted by molar-refractivity contribution is 7.98. The molecule has 0 radical (unpaired) electrons. The van der Waals surface area contributed by atoms with Crippen molar-refractivity contribution in [3.8, 4) is 11.6 Å². The van der Waals surface area contributed by atoms with Crippen LogP contribution in [-0.4, -0.2) is 24.4 Å². The Morgan fingerprint density at radius 2 is 2.12 bits per heavy atom. The van der Waals surface area contributed by atoms with Crippen LogP contribution in [0.4, 0.5) is 0 Å². The topological polar surface area (TPSA) is 69.6 Å². The van der Waals surface area contributed by atoms with E-state index >= 15 is 0 Å². The molecular formula is C15H16ClN5OS2. The molecule has 0 saturated heterocycles. The van der Waals surface area contributed by atoms with E-state index < -0.39 is 0 Å². The predicted octanol–water partition coefficient (Wildman–Crippen LogP) is 4.84.